The number of hydrogen-bond donors (Lipinski definition) is 1. The van der Waals surface area contributed by atoms with E-state index in [2.05, 4.69) is 20.8 Å². The second-order valence-corrected chi connectivity index (χ2v) is 10.6. The molecule has 0 aliphatic heterocycles. The molecule has 0 aromatic rings. The van der Waals surface area contributed by atoms with Crippen molar-refractivity contribution >= 4 is 11.9 Å². The van der Waals surface area contributed by atoms with Gasteiger partial charge in [0.05, 0.1) is 11.8 Å². The third-order valence-electron chi connectivity index (χ3n) is 7.77. The fraction of sp³-hybridized carbons (Fsp3) is 0.931. The Labute approximate surface area is 204 Å². The summed E-state index contributed by atoms with van der Waals surface area (Å²) in [4.78, 5) is 24.4. The second-order valence-electron chi connectivity index (χ2n) is 10.6. The number of hydrogen-bond acceptors (Lipinski definition) is 3. The lowest BCUT2D eigenvalue weighted by molar-refractivity contribution is -0.166. The van der Waals surface area contributed by atoms with Gasteiger partial charge in [-0.3, -0.25) is 9.59 Å². The zero-order valence-corrected chi connectivity index (χ0v) is 22.1. The average molecular weight is 467 g/mol. The zero-order chi connectivity index (χ0) is 24.3. The summed E-state index contributed by atoms with van der Waals surface area (Å²) < 4.78 is 5.93. The van der Waals surface area contributed by atoms with Gasteiger partial charge in [0.1, 0.15) is 6.10 Å². The summed E-state index contributed by atoms with van der Waals surface area (Å²) in [5.74, 6) is -1.81. The maximum Gasteiger partial charge on any atom is 0.310 e. The minimum absolute atomic E-state index is 0.0730. The van der Waals surface area contributed by atoms with Crippen LogP contribution >= 0.6 is 0 Å². The molecule has 0 aromatic carbocycles. The number of carbonyl (C=O) groups excluding carboxylic acids is 1. The lowest BCUT2D eigenvalue weighted by Gasteiger charge is -2.30. The highest BCUT2D eigenvalue weighted by molar-refractivity contribution is 5.81. The standard InChI is InChI=1S/C29H54O4/c1-4-6-7-8-9-10-11-12-13-14-15-16-17-18-23-27(24(3)5-2)33-29(32)26-22-20-19-21-25(26)28(30)31/h24-27H,4-23H2,1-3H3,(H,30,31). The predicted molar refractivity (Wildman–Crippen MR) is 137 cm³/mol. The first kappa shape index (κ1) is 30.0. The number of rotatable bonds is 20. The monoisotopic (exact) mass is 466 g/mol. The van der Waals surface area contributed by atoms with Crippen LogP contribution < -0.4 is 0 Å². The molecule has 0 amide bonds. The van der Waals surface area contributed by atoms with Crippen LogP contribution in [0, 0.1) is 17.8 Å². The first-order valence-electron chi connectivity index (χ1n) is 14.4. The molecule has 194 valence electrons. The van der Waals surface area contributed by atoms with Crippen LogP contribution in [0.3, 0.4) is 0 Å². The maximum absolute atomic E-state index is 12.8. The van der Waals surface area contributed by atoms with Gasteiger partial charge in [-0.15, -0.1) is 0 Å². The Morgan fingerprint density at radius 2 is 1.21 bits per heavy atom. The first-order valence-corrected chi connectivity index (χ1v) is 14.4. The first-order chi connectivity index (χ1) is 16.0. The van der Waals surface area contributed by atoms with Crippen LogP contribution in [0.4, 0.5) is 0 Å². The minimum atomic E-state index is -0.844. The van der Waals surface area contributed by atoms with E-state index in [0.717, 1.165) is 32.1 Å². The van der Waals surface area contributed by atoms with E-state index < -0.39 is 17.8 Å². The third-order valence-corrected chi connectivity index (χ3v) is 7.77. The molecule has 1 saturated carbocycles. The van der Waals surface area contributed by atoms with Crippen molar-refractivity contribution in [2.45, 2.75) is 155 Å². The zero-order valence-electron chi connectivity index (χ0n) is 22.1. The summed E-state index contributed by atoms with van der Waals surface area (Å²) in [5.41, 5.74) is 0. The molecule has 0 aromatic heterocycles. The Bertz CT molecular complexity index is 504. The molecule has 1 rings (SSSR count). The molecule has 1 aliphatic carbocycles. The Morgan fingerprint density at radius 3 is 1.67 bits per heavy atom. The van der Waals surface area contributed by atoms with Crippen molar-refractivity contribution in [3.63, 3.8) is 0 Å². The van der Waals surface area contributed by atoms with E-state index in [1.54, 1.807) is 0 Å². The average Bonchev–Trinajstić information content (AvgIpc) is 2.82. The summed E-state index contributed by atoms with van der Waals surface area (Å²) in [6.07, 6.45) is 23.6. The molecule has 1 aliphatic rings. The van der Waals surface area contributed by atoms with Crippen molar-refractivity contribution in [1.29, 1.82) is 0 Å². The van der Waals surface area contributed by atoms with Crippen LogP contribution in [0.15, 0.2) is 0 Å². The van der Waals surface area contributed by atoms with Crippen LogP contribution in [0.5, 0.6) is 0 Å². The topological polar surface area (TPSA) is 63.6 Å². The Morgan fingerprint density at radius 1 is 0.758 bits per heavy atom. The van der Waals surface area contributed by atoms with Gasteiger partial charge in [-0.1, -0.05) is 124 Å². The molecule has 0 spiro atoms. The molecular weight excluding hydrogens is 412 g/mol. The van der Waals surface area contributed by atoms with Gasteiger partial charge >= 0.3 is 11.9 Å². The second kappa shape index (κ2) is 19.3. The van der Waals surface area contributed by atoms with Gasteiger partial charge in [0.15, 0.2) is 0 Å². The molecule has 4 nitrogen and oxygen atoms in total. The number of carboxylic acids is 1. The molecule has 0 saturated heterocycles. The normalized spacial score (nSPS) is 20.3. The van der Waals surface area contributed by atoms with Crippen LogP contribution in [-0.2, 0) is 14.3 Å². The summed E-state index contributed by atoms with van der Waals surface area (Å²) in [6.45, 7) is 6.56. The molecular formula is C29H54O4. The maximum atomic E-state index is 12.8. The third kappa shape index (κ3) is 13.4. The SMILES string of the molecule is CCCCCCCCCCCCCCCCC(OC(=O)C1CCCCC1C(=O)O)C(C)CC. The van der Waals surface area contributed by atoms with Crippen LogP contribution in [0.2, 0.25) is 0 Å². The van der Waals surface area contributed by atoms with Gasteiger partial charge in [0.25, 0.3) is 0 Å². The van der Waals surface area contributed by atoms with Crippen LogP contribution in [0.25, 0.3) is 0 Å². The number of carboxylic acid groups (broad SMARTS) is 1. The van der Waals surface area contributed by atoms with Gasteiger partial charge < -0.3 is 9.84 Å². The lowest BCUT2D eigenvalue weighted by atomic mass is 9.79. The quantitative estimate of drug-likeness (QED) is 0.144. The molecule has 4 heteroatoms. The fourth-order valence-corrected chi connectivity index (χ4v) is 5.21. The molecule has 0 heterocycles. The number of esters is 1. The van der Waals surface area contributed by atoms with Gasteiger partial charge in [-0.2, -0.15) is 0 Å². The van der Waals surface area contributed by atoms with E-state index in [-0.39, 0.29) is 12.1 Å². The van der Waals surface area contributed by atoms with Crippen LogP contribution in [-0.4, -0.2) is 23.1 Å². The van der Waals surface area contributed by atoms with Crippen LogP contribution in [0.1, 0.15) is 149 Å². The molecule has 4 atom stereocenters. The Balaban J connectivity index is 2.17. The molecule has 1 fully saturated rings. The lowest BCUT2D eigenvalue weighted by Crippen LogP contribution is -2.37. The fourth-order valence-electron chi connectivity index (χ4n) is 5.21. The van der Waals surface area contributed by atoms with E-state index >= 15 is 0 Å². The highest BCUT2D eigenvalue weighted by Gasteiger charge is 2.38. The highest BCUT2D eigenvalue weighted by Crippen LogP contribution is 2.32. The number of aliphatic carboxylic acids is 1. The van der Waals surface area contributed by atoms with E-state index in [1.165, 1.54) is 83.5 Å². The summed E-state index contributed by atoms with van der Waals surface area (Å²) in [6, 6.07) is 0. The molecule has 4 unspecified atom stereocenters. The minimum Gasteiger partial charge on any atom is -0.481 e. The smallest absolute Gasteiger partial charge is 0.310 e. The van der Waals surface area contributed by atoms with Gasteiger partial charge in [0.2, 0.25) is 0 Å². The Kier molecular flexibility index (Phi) is 17.5. The van der Waals surface area contributed by atoms with Crippen molar-refractivity contribution in [3.8, 4) is 0 Å². The molecule has 1 N–H and O–H groups in total. The molecule has 0 bridgehead atoms. The van der Waals surface area contributed by atoms with E-state index in [0.29, 0.717) is 18.8 Å². The number of ether oxygens (including phenoxy) is 1. The highest BCUT2D eigenvalue weighted by atomic mass is 16.5. The summed E-state index contributed by atoms with van der Waals surface area (Å²) in [5, 5.41) is 9.48. The van der Waals surface area contributed by atoms with E-state index in [1.807, 2.05) is 0 Å². The number of carbonyl (C=O) groups is 2. The number of unbranched alkanes of at least 4 members (excludes halogenated alkanes) is 13. The summed E-state index contributed by atoms with van der Waals surface area (Å²) in [7, 11) is 0. The van der Waals surface area contributed by atoms with Gasteiger partial charge in [-0.05, 0) is 31.6 Å². The summed E-state index contributed by atoms with van der Waals surface area (Å²) >= 11 is 0. The van der Waals surface area contributed by atoms with Crippen molar-refractivity contribution < 1.29 is 19.4 Å². The Hall–Kier alpha value is -1.06. The molecule has 33 heavy (non-hydrogen) atoms. The molecule has 0 radical (unpaired) electrons. The van der Waals surface area contributed by atoms with Crippen molar-refractivity contribution in [2.75, 3.05) is 0 Å². The van der Waals surface area contributed by atoms with E-state index in [9.17, 15) is 14.7 Å². The van der Waals surface area contributed by atoms with Crippen molar-refractivity contribution in [1.82, 2.24) is 0 Å². The van der Waals surface area contributed by atoms with Crippen molar-refractivity contribution in [2.24, 2.45) is 17.8 Å². The van der Waals surface area contributed by atoms with E-state index in [4.69, 9.17) is 4.74 Å². The van der Waals surface area contributed by atoms with Gasteiger partial charge in [-0.25, -0.2) is 0 Å². The van der Waals surface area contributed by atoms with Gasteiger partial charge in [0, 0.05) is 0 Å². The van der Waals surface area contributed by atoms with Crippen molar-refractivity contribution in [3.05, 3.63) is 0 Å². The largest absolute Gasteiger partial charge is 0.481 e. The predicted octanol–water partition coefficient (Wildman–Crippen LogP) is 8.71.